The Balaban J connectivity index is 1.66. The second-order valence-corrected chi connectivity index (χ2v) is 6.06. The van der Waals surface area contributed by atoms with E-state index in [0.29, 0.717) is 17.3 Å². The van der Waals surface area contributed by atoms with Gasteiger partial charge in [0, 0.05) is 11.9 Å². The van der Waals surface area contributed by atoms with Crippen molar-refractivity contribution in [2.75, 3.05) is 19.6 Å². The van der Waals surface area contributed by atoms with Crippen LogP contribution in [0.2, 0.25) is 0 Å². The summed E-state index contributed by atoms with van der Waals surface area (Å²) in [5.74, 6) is 0.410. The maximum atomic E-state index is 12.3. The molecule has 0 aliphatic carbocycles. The summed E-state index contributed by atoms with van der Waals surface area (Å²) in [4.78, 5) is 2.43. The average molecular weight is 311 g/mol. The van der Waals surface area contributed by atoms with Crippen molar-refractivity contribution >= 4 is 10.9 Å². The number of hydrogen-bond acceptors (Lipinski definition) is 3. The molecule has 22 heavy (non-hydrogen) atoms. The van der Waals surface area contributed by atoms with E-state index in [1.54, 1.807) is 12.3 Å². The standard InChI is InChI=1S/C15H16F3N3O/c16-15(17,18)22-12-1-2-13-11(7-12)8-19-21(13)14-9-20-5-3-10(14)4-6-20/h1-2,7-8,10,14H,3-6,9H2/t14-/m1/s1. The van der Waals surface area contributed by atoms with Crippen molar-refractivity contribution in [3.63, 3.8) is 0 Å². The smallest absolute Gasteiger partial charge is 0.406 e. The Morgan fingerprint density at radius 2 is 1.95 bits per heavy atom. The first kappa shape index (κ1) is 13.9. The van der Waals surface area contributed by atoms with Crippen LogP contribution in [-0.2, 0) is 0 Å². The molecule has 0 saturated carbocycles. The molecule has 4 heterocycles. The monoisotopic (exact) mass is 311 g/mol. The van der Waals surface area contributed by atoms with Crippen LogP contribution in [0.4, 0.5) is 13.2 Å². The Bertz CT molecular complexity index is 689. The Morgan fingerprint density at radius 1 is 1.18 bits per heavy atom. The highest BCUT2D eigenvalue weighted by atomic mass is 19.4. The lowest BCUT2D eigenvalue weighted by Gasteiger charge is -2.44. The SMILES string of the molecule is FC(F)(F)Oc1ccc2c(cnn2[C@@H]2CN3CCC2CC3)c1. The van der Waals surface area contributed by atoms with Crippen LogP contribution in [0.15, 0.2) is 24.4 Å². The van der Waals surface area contributed by atoms with Gasteiger partial charge >= 0.3 is 6.36 Å². The van der Waals surface area contributed by atoms with Crippen LogP contribution in [-0.4, -0.2) is 40.7 Å². The summed E-state index contributed by atoms with van der Waals surface area (Å²) in [5.41, 5.74) is 0.869. The number of halogens is 3. The number of nitrogens with zero attached hydrogens (tertiary/aromatic N) is 3. The van der Waals surface area contributed by atoms with Gasteiger partial charge in [0.15, 0.2) is 0 Å². The summed E-state index contributed by atoms with van der Waals surface area (Å²) in [7, 11) is 0. The minimum absolute atomic E-state index is 0.200. The zero-order valence-electron chi connectivity index (χ0n) is 11.9. The van der Waals surface area contributed by atoms with E-state index in [9.17, 15) is 13.2 Å². The predicted molar refractivity (Wildman–Crippen MR) is 74.6 cm³/mol. The lowest BCUT2D eigenvalue weighted by molar-refractivity contribution is -0.274. The summed E-state index contributed by atoms with van der Waals surface area (Å²) >= 11 is 0. The molecule has 4 nitrogen and oxygen atoms in total. The van der Waals surface area contributed by atoms with Crippen molar-refractivity contribution in [1.82, 2.24) is 14.7 Å². The van der Waals surface area contributed by atoms with E-state index in [0.717, 1.165) is 25.2 Å². The van der Waals surface area contributed by atoms with Gasteiger partial charge in [0.25, 0.3) is 0 Å². The summed E-state index contributed by atoms with van der Waals surface area (Å²) in [5, 5.41) is 5.11. The lowest BCUT2D eigenvalue weighted by Crippen LogP contribution is -2.48. The first-order chi connectivity index (χ1) is 10.5. The number of piperidine rings is 3. The molecule has 0 N–H and O–H groups in total. The number of fused-ring (bicyclic) bond motifs is 4. The highest BCUT2D eigenvalue weighted by Crippen LogP contribution is 2.37. The van der Waals surface area contributed by atoms with Gasteiger partial charge in [0.2, 0.25) is 0 Å². The minimum Gasteiger partial charge on any atom is -0.406 e. The zero-order chi connectivity index (χ0) is 15.3. The molecular weight excluding hydrogens is 295 g/mol. The van der Waals surface area contributed by atoms with Crippen LogP contribution in [0.5, 0.6) is 5.75 Å². The van der Waals surface area contributed by atoms with Gasteiger partial charge in [-0.2, -0.15) is 5.10 Å². The van der Waals surface area contributed by atoms with Crippen LogP contribution in [0.1, 0.15) is 18.9 Å². The fraction of sp³-hybridized carbons (Fsp3) is 0.533. The quantitative estimate of drug-likeness (QED) is 0.853. The van der Waals surface area contributed by atoms with E-state index < -0.39 is 6.36 Å². The van der Waals surface area contributed by atoms with E-state index in [4.69, 9.17) is 0 Å². The first-order valence-electron chi connectivity index (χ1n) is 7.45. The molecule has 2 aromatic rings. The van der Waals surface area contributed by atoms with E-state index in [1.165, 1.54) is 25.0 Å². The maximum absolute atomic E-state index is 12.3. The average Bonchev–Trinajstić information content (AvgIpc) is 2.89. The van der Waals surface area contributed by atoms with Crippen molar-refractivity contribution < 1.29 is 17.9 Å². The van der Waals surface area contributed by atoms with Crippen molar-refractivity contribution in [3.8, 4) is 5.75 Å². The predicted octanol–water partition coefficient (Wildman–Crippen LogP) is 3.20. The molecule has 5 rings (SSSR count). The largest absolute Gasteiger partial charge is 0.573 e. The Hall–Kier alpha value is -1.76. The fourth-order valence-corrected chi connectivity index (χ4v) is 3.70. The number of alkyl halides is 3. The molecule has 3 saturated heterocycles. The van der Waals surface area contributed by atoms with Crippen LogP contribution < -0.4 is 4.74 Å². The second kappa shape index (κ2) is 4.87. The first-order valence-corrected chi connectivity index (χ1v) is 7.45. The number of ether oxygens (including phenoxy) is 1. The Kier molecular flexibility index (Phi) is 3.07. The third kappa shape index (κ3) is 2.43. The van der Waals surface area contributed by atoms with Gasteiger partial charge in [-0.25, -0.2) is 0 Å². The molecule has 1 aromatic heterocycles. The van der Waals surface area contributed by atoms with Gasteiger partial charge in [-0.15, -0.1) is 13.2 Å². The molecule has 0 amide bonds. The van der Waals surface area contributed by atoms with Crippen molar-refractivity contribution in [2.45, 2.75) is 25.2 Å². The van der Waals surface area contributed by atoms with Gasteiger partial charge in [0.05, 0.1) is 17.8 Å². The molecular formula is C15H16F3N3O. The number of benzene rings is 1. The molecule has 3 aliphatic heterocycles. The number of aromatic nitrogens is 2. The summed E-state index contributed by atoms with van der Waals surface area (Å²) in [6.45, 7) is 3.26. The molecule has 1 atom stereocenters. The Labute approximate surface area is 125 Å². The normalized spacial score (nSPS) is 28.2. The van der Waals surface area contributed by atoms with Gasteiger partial charge in [-0.3, -0.25) is 4.68 Å². The molecule has 2 bridgehead atoms. The van der Waals surface area contributed by atoms with Crippen molar-refractivity contribution in [2.24, 2.45) is 5.92 Å². The van der Waals surface area contributed by atoms with Gasteiger partial charge in [-0.1, -0.05) is 0 Å². The summed E-state index contributed by atoms with van der Waals surface area (Å²) < 4.78 is 42.8. The maximum Gasteiger partial charge on any atom is 0.573 e. The molecule has 0 unspecified atom stereocenters. The van der Waals surface area contributed by atoms with E-state index >= 15 is 0 Å². The summed E-state index contributed by atoms with van der Waals surface area (Å²) in [6.07, 6.45) is -0.710. The van der Waals surface area contributed by atoms with E-state index in [1.807, 2.05) is 4.68 Å². The number of rotatable bonds is 2. The van der Waals surface area contributed by atoms with Gasteiger partial charge < -0.3 is 9.64 Å². The third-order valence-corrected chi connectivity index (χ3v) is 4.74. The van der Waals surface area contributed by atoms with Gasteiger partial charge in [0.1, 0.15) is 5.75 Å². The highest BCUT2D eigenvalue weighted by Gasteiger charge is 2.36. The summed E-state index contributed by atoms with van der Waals surface area (Å²) in [6, 6.07) is 4.73. The minimum atomic E-state index is -4.67. The number of hydrogen-bond donors (Lipinski definition) is 0. The molecule has 3 fully saturated rings. The van der Waals surface area contributed by atoms with Gasteiger partial charge in [-0.05, 0) is 50.0 Å². The molecule has 118 valence electrons. The van der Waals surface area contributed by atoms with Crippen LogP contribution >= 0.6 is 0 Å². The lowest BCUT2D eigenvalue weighted by atomic mass is 9.84. The van der Waals surface area contributed by atoms with Crippen LogP contribution in [0.25, 0.3) is 10.9 Å². The molecule has 0 spiro atoms. The molecule has 3 aliphatic rings. The molecule has 0 radical (unpaired) electrons. The van der Waals surface area contributed by atoms with Crippen molar-refractivity contribution in [3.05, 3.63) is 24.4 Å². The van der Waals surface area contributed by atoms with Crippen LogP contribution in [0, 0.1) is 5.92 Å². The van der Waals surface area contributed by atoms with E-state index in [-0.39, 0.29) is 5.75 Å². The third-order valence-electron chi connectivity index (χ3n) is 4.74. The van der Waals surface area contributed by atoms with Crippen LogP contribution in [0.3, 0.4) is 0 Å². The topological polar surface area (TPSA) is 30.3 Å². The molecule has 7 heteroatoms. The second-order valence-electron chi connectivity index (χ2n) is 6.06. The Morgan fingerprint density at radius 3 is 2.59 bits per heavy atom. The fourth-order valence-electron chi connectivity index (χ4n) is 3.70. The highest BCUT2D eigenvalue weighted by molar-refractivity contribution is 5.80. The van der Waals surface area contributed by atoms with E-state index in [2.05, 4.69) is 14.7 Å². The zero-order valence-corrected chi connectivity index (χ0v) is 11.9. The van der Waals surface area contributed by atoms with Crippen molar-refractivity contribution in [1.29, 1.82) is 0 Å². The molecule has 1 aromatic carbocycles.